The minimum absolute atomic E-state index is 0.233. The summed E-state index contributed by atoms with van der Waals surface area (Å²) in [6.45, 7) is 5.36. The van der Waals surface area contributed by atoms with Crippen molar-refractivity contribution in [1.29, 1.82) is 0 Å². The van der Waals surface area contributed by atoms with Crippen molar-refractivity contribution in [3.63, 3.8) is 0 Å². The number of rotatable bonds is 5. The maximum Gasteiger partial charge on any atom is 0.234 e. The van der Waals surface area contributed by atoms with Crippen LogP contribution in [0.2, 0.25) is 0 Å². The van der Waals surface area contributed by atoms with Gasteiger partial charge in [-0.2, -0.15) is 0 Å². The highest BCUT2D eigenvalue weighted by molar-refractivity contribution is 5.79. The highest BCUT2D eigenvalue weighted by atomic mass is 16.1. The average Bonchev–Trinajstić information content (AvgIpc) is 2.26. The van der Waals surface area contributed by atoms with Gasteiger partial charge in [-0.25, -0.2) is 0 Å². The molecule has 0 saturated carbocycles. The van der Waals surface area contributed by atoms with E-state index in [-0.39, 0.29) is 11.9 Å². The zero-order valence-corrected chi connectivity index (χ0v) is 9.18. The van der Waals surface area contributed by atoms with E-state index in [2.05, 4.69) is 4.98 Å². The van der Waals surface area contributed by atoms with Gasteiger partial charge in [0.1, 0.15) is 0 Å². The average molecular weight is 207 g/mol. The first-order chi connectivity index (χ1) is 7.15. The van der Waals surface area contributed by atoms with E-state index in [1.807, 2.05) is 30.9 Å². The van der Waals surface area contributed by atoms with E-state index in [4.69, 9.17) is 5.73 Å². The molecule has 0 aliphatic heterocycles. The molecule has 0 saturated heterocycles. The lowest BCUT2D eigenvalue weighted by molar-refractivity contribution is -0.122. The summed E-state index contributed by atoms with van der Waals surface area (Å²) in [7, 11) is 0. The zero-order chi connectivity index (χ0) is 11.3. The van der Waals surface area contributed by atoms with Gasteiger partial charge in [0.05, 0.1) is 6.04 Å². The quantitative estimate of drug-likeness (QED) is 0.776. The molecular weight excluding hydrogens is 190 g/mol. The van der Waals surface area contributed by atoms with E-state index in [1.54, 1.807) is 12.4 Å². The van der Waals surface area contributed by atoms with Crippen molar-refractivity contribution >= 4 is 5.91 Å². The van der Waals surface area contributed by atoms with Crippen LogP contribution in [-0.4, -0.2) is 28.4 Å². The summed E-state index contributed by atoms with van der Waals surface area (Å²) >= 11 is 0. The summed E-state index contributed by atoms with van der Waals surface area (Å²) in [6.07, 6.45) is 3.50. The fourth-order valence-electron chi connectivity index (χ4n) is 1.43. The third-order valence-corrected chi connectivity index (χ3v) is 2.50. The molecule has 0 aliphatic rings. The van der Waals surface area contributed by atoms with Crippen LogP contribution in [0.4, 0.5) is 0 Å². The summed E-state index contributed by atoms with van der Waals surface area (Å²) in [5.41, 5.74) is 6.41. The number of likely N-dealkylation sites (N-methyl/N-ethyl adjacent to an activating group) is 1. The number of carbonyl (C=O) groups is 1. The minimum Gasteiger partial charge on any atom is -0.368 e. The van der Waals surface area contributed by atoms with E-state index >= 15 is 0 Å². The lowest BCUT2D eigenvalue weighted by Gasteiger charge is -2.25. The van der Waals surface area contributed by atoms with Gasteiger partial charge in [0.25, 0.3) is 0 Å². The van der Waals surface area contributed by atoms with E-state index in [1.165, 1.54) is 0 Å². The first-order valence-electron chi connectivity index (χ1n) is 5.07. The molecule has 1 heterocycles. The normalized spacial score (nSPS) is 12.7. The first-order valence-corrected chi connectivity index (χ1v) is 5.07. The van der Waals surface area contributed by atoms with Crippen molar-refractivity contribution in [2.75, 3.05) is 6.54 Å². The Labute approximate surface area is 90.1 Å². The van der Waals surface area contributed by atoms with Crippen molar-refractivity contribution in [3.05, 3.63) is 30.1 Å². The second-order valence-corrected chi connectivity index (χ2v) is 3.50. The Morgan fingerprint density at radius 1 is 1.53 bits per heavy atom. The van der Waals surface area contributed by atoms with Gasteiger partial charge < -0.3 is 5.73 Å². The van der Waals surface area contributed by atoms with Crippen molar-refractivity contribution in [2.45, 2.75) is 26.4 Å². The van der Waals surface area contributed by atoms with Gasteiger partial charge in [-0.15, -0.1) is 0 Å². The highest BCUT2D eigenvalue weighted by Gasteiger charge is 2.16. The summed E-state index contributed by atoms with van der Waals surface area (Å²) in [4.78, 5) is 17.0. The number of amides is 1. The number of aromatic nitrogens is 1. The van der Waals surface area contributed by atoms with Crippen molar-refractivity contribution in [1.82, 2.24) is 9.88 Å². The van der Waals surface area contributed by atoms with E-state index < -0.39 is 0 Å². The molecule has 15 heavy (non-hydrogen) atoms. The lowest BCUT2D eigenvalue weighted by atomic mass is 10.2. The second kappa shape index (κ2) is 5.46. The van der Waals surface area contributed by atoms with Crippen LogP contribution >= 0.6 is 0 Å². The standard InChI is InChI=1S/C11H17N3O/c1-3-14(9(2)11(12)15)8-10-4-6-13-7-5-10/h4-7,9H,3,8H2,1-2H3,(H2,12,15). The number of pyridine rings is 1. The number of nitrogens with two attached hydrogens (primary N) is 1. The molecule has 0 aromatic carbocycles. The Kier molecular flexibility index (Phi) is 4.24. The molecule has 1 atom stereocenters. The summed E-state index contributed by atoms with van der Waals surface area (Å²) in [5, 5.41) is 0. The summed E-state index contributed by atoms with van der Waals surface area (Å²) in [6, 6.07) is 3.65. The van der Waals surface area contributed by atoms with Crippen LogP contribution < -0.4 is 5.73 Å². The molecule has 1 amide bonds. The molecule has 2 N–H and O–H groups in total. The van der Waals surface area contributed by atoms with Gasteiger partial charge >= 0.3 is 0 Å². The fraction of sp³-hybridized carbons (Fsp3) is 0.455. The summed E-state index contributed by atoms with van der Waals surface area (Å²) < 4.78 is 0. The molecule has 0 bridgehead atoms. The molecule has 0 aliphatic carbocycles. The number of primary amides is 1. The number of hydrogen-bond acceptors (Lipinski definition) is 3. The molecule has 1 aromatic heterocycles. The molecule has 4 heteroatoms. The molecular formula is C11H17N3O. The van der Waals surface area contributed by atoms with Crippen LogP contribution in [-0.2, 0) is 11.3 Å². The van der Waals surface area contributed by atoms with Crippen LogP contribution in [0.5, 0.6) is 0 Å². The summed E-state index contributed by atoms with van der Waals surface area (Å²) in [5.74, 6) is -0.286. The molecule has 0 spiro atoms. The maximum absolute atomic E-state index is 11.1. The van der Waals surface area contributed by atoms with Gasteiger partial charge in [0.2, 0.25) is 5.91 Å². The predicted octanol–water partition coefficient (Wildman–Crippen LogP) is 0.777. The Hall–Kier alpha value is -1.42. The van der Waals surface area contributed by atoms with Crippen LogP contribution in [0.3, 0.4) is 0 Å². The molecule has 0 fully saturated rings. The largest absolute Gasteiger partial charge is 0.368 e. The van der Waals surface area contributed by atoms with E-state index in [0.717, 1.165) is 18.7 Å². The van der Waals surface area contributed by atoms with Crippen molar-refractivity contribution in [3.8, 4) is 0 Å². The molecule has 1 rings (SSSR count). The van der Waals surface area contributed by atoms with Gasteiger partial charge in [0, 0.05) is 18.9 Å². The minimum atomic E-state index is -0.286. The topological polar surface area (TPSA) is 59.2 Å². The van der Waals surface area contributed by atoms with Gasteiger partial charge in [-0.1, -0.05) is 6.92 Å². The van der Waals surface area contributed by atoms with Gasteiger partial charge in [-0.3, -0.25) is 14.7 Å². The van der Waals surface area contributed by atoms with E-state index in [0.29, 0.717) is 0 Å². The third kappa shape index (κ3) is 3.32. The highest BCUT2D eigenvalue weighted by Crippen LogP contribution is 2.06. The lowest BCUT2D eigenvalue weighted by Crippen LogP contribution is -2.42. The first kappa shape index (κ1) is 11.7. The predicted molar refractivity (Wildman–Crippen MR) is 59.0 cm³/mol. The molecule has 82 valence electrons. The van der Waals surface area contributed by atoms with Crippen molar-refractivity contribution < 1.29 is 4.79 Å². The van der Waals surface area contributed by atoms with Crippen LogP contribution in [0, 0.1) is 0 Å². The van der Waals surface area contributed by atoms with Crippen LogP contribution in [0.25, 0.3) is 0 Å². The molecule has 1 aromatic rings. The maximum atomic E-state index is 11.1. The van der Waals surface area contributed by atoms with Crippen LogP contribution in [0.1, 0.15) is 19.4 Å². The van der Waals surface area contributed by atoms with Crippen LogP contribution in [0.15, 0.2) is 24.5 Å². The second-order valence-electron chi connectivity index (χ2n) is 3.50. The monoisotopic (exact) mass is 207 g/mol. The Bertz CT molecular complexity index is 313. The molecule has 1 unspecified atom stereocenters. The fourth-order valence-corrected chi connectivity index (χ4v) is 1.43. The van der Waals surface area contributed by atoms with E-state index in [9.17, 15) is 4.79 Å². The molecule has 4 nitrogen and oxygen atoms in total. The number of nitrogens with zero attached hydrogens (tertiary/aromatic N) is 2. The van der Waals surface area contributed by atoms with Crippen molar-refractivity contribution in [2.24, 2.45) is 5.73 Å². The number of hydrogen-bond donors (Lipinski definition) is 1. The third-order valence-electron chi connectivity index (χ3n) is 2.50. The zero-order valence-electron chi connectivity index (χ0n) is 9.18. The van der Waals surface area contributed by atoms with Gasteiger partial charge in [-0.05, 0) is 31.2 Å². The number of carbonyl (C=O) groups excluding carboxylic acids is 1. The molecule has 0 radical (unpaired) electrons. The smallest absolute Gasteiger partial charge is 0.234 e. The SMILES string of the molecule is CCN(Cc1ccncc1)C(C)C(N)=O. The Morgan fingerprint density at radius 2 is 2.13 bits per heavy atom. The Balaban J connectivity index is 2.66. The Morgan fingerprint density at radius 3 is 2.60 bits per heavy atom. The van der Waals surface area contributed by atoms with Gasteiger partial charge in [0.15, 0.2) is 0 Å².